The smallest absolute Gasteiger partial charge is 0.220 e. The highest BCUT2D eigenvalue weighted by atomic mass is 16.1. The van der Waals surface area contributed by atoms with Crippen molar-refractivity contribution < 1.29 is 4.79 Å². The van der Waals surface area contributed by atoms with Crippen LogP contribution in [0.2, 0.25) is 0 Å². The van der Waals surface area contributed by atoms with Gasteiger partial charge in [0, 0.05) is 24.4 Å². The lowest BCUT2D eigenvalue weighted by Gasteiger charge is -2.09. The summed E-state index contributed by atoms with van der Waals surface area (Å²) >= 11 is 0. The number of amides is 1. The van der Waals surface area contributed by atoms with Crippen LogP contribution in [0.5, 0.6) is 0 Å². The third kappa shape index (κ3) is 2.33. The first-order valence-electron chi connectivity index (χ1n) is 7.38. The molecule has 1 atom stereocenters. The zero-order valence-corrected chi connectivity index (χ0v) is 12.0. The molecule has 0 bridgehead atoms. The van der Waals surface area contributed by atoms with Gasteiger partial charge in [-0.1, -0.05) is 36.4 Å². The van der Waals surface area contributed by atoms with Crippen molar-refractivity contribution in [1.29, 1.82) is 0 Å². The topological polar surface area (TPSA) is 54.9 Å². The van der Waals surface area contributed by atoms with E-state index in [2.05, 4.69) is 39.6 Å². The van der Waals surface area contributed by atoms with Crippen LogP contribution in [0.4, 0.5) is 0 Å². The molecule has 2 aromatic carbocycles. The van der Waals surface area contributed by atoms with Crippen molar-refractivity contribution in [1.82, 2.24) is 15.3 Å². The molecule has 1 aliphatic rings. The van der Waals surface area contributed by atoms with Gasteiger partial charge in [0.15, 0.2) is 0 Å². The molecule has 4 rings (SSSR count). The minimum Gasteiger partial charge on any atom is -0.355 e. The van der Waals surface area contributed by atoms with Gasteiger partial charge in [-0.3, -0.25) is 9.78 Å². The van der Waals surface area contributed by atoms with Gasteiger partial charge >= 0.3 is 0 Å². The number of para-hydroxylation sites is 2. The molecule has 3 aromatic rings. The van der Waals surface area contributed by atoms with Gasteiger partial charge in [0.25, 0.3) is 0 Å². The average Bonchev–Trinajstić information content (AvgIpc) is 3.01. The second-order valence-corrected chi connectivity index (χ2v) is 5.57. The molecule has 1 amide bonds. The first-order chi connectivity index (χ1) is 10.8. The third-order valence-electron chi connectivity index (χ3n) is 4.10. The number of aromatic nitrogens is 2. The summed E-state index contributed by atoms with van der Waals surface area (Å²) in [4.78, 5) is 20.4. The van der Waals surface area contributed by atoms with E-state index in [4.69, 9.17) is 0 Å². The predicted octanol–water partition coefficient (Wildman–Crippen LogP) is 2.90. The summed E-state index contributed by atoms with van der Waals surface area (Å²) in [7, 11) is 0. The fraction of sp³-hybridized carbons (Fsp3) is 0.167. The summed E-state index contributed by atoms with van der Waals surface area (Å²) in [6.45, 7) is 0.730. The molecule has 22 heavy (non-hydrogen) atoms. The van der Waals surface area contributed by atoms with E-state index in [1.54, 1.807) is 6.20 Å². The Labute approximate surface area is 128 Å². The largest absolute Gasteiger partial charge is 0.355 e. The molecule has 1 unspecified atom stereocenters. The molecule has 2 heterocycles. The molecular weight excluding hydrogens is 274 g/mol. The fourth-order valence-electron chi connectivity index (χ4n) is 2.86. The Hall–Kier alpha value is -2.75. The monoisotopic (exact) mass is 289 g/mol. The summed E-state index contributed by atoms with van der Waals surface area (Å²) in [5.41, 5.74) is 4.90. The molecule has 0 spiro atoms. The SMILES string of the molecule is O=C1CC(c2ccc(-c3cnc4ccccc4n3)cc2)CN1. The molecule has 0 radical (unpaired) electrons. The van der Waals surface area contributed by atoms with Gasteiger partial charge in [0.1, 0.15) is 0 Å². The average molecular weight is 289 g/mol. The Kier molecular flexibility index (Phi) is 3.07. The van der Waals surface area contributed by atoms with Crippen LogP contribution in [0.25, 0.3) is 22.3 Å². The van der Waals surface area contributed by atoms with E-state index < -0.39 is 0 Å². The molecule has 1 fully saturated rings. The van der Waals surface area contributed by atoms with E-state index in [-0.39, 0.29) is 11.8 Å². The Morgan fingerprint density at radius 3 is 2.50 bits per heavy atom. The van der Waals surface area contributed by atoms with Gasteiger partial charge in [0.2, 0.25) is 5.91 Å². The molecule has 0 aliphatic carbocycles. The van der Waals surface area contributed by atoms with Crippen LogP contribution >= 0.6 is 0 Å². The lowest BCUT2D eigenvalue weighted by Crippen LogP contribution is -2.13. The molecule has 4 heteroatoms. The number of carbonyl (C=O) groups is 1. The number of carbonyl (C=O) groups excluding carboxylic acids is 1. The maximum absolute atomic E-state index is 11.3. The van der Waals surface area contributed by atoms with Gasteiger partial charge in [-0.15, -0.1) is 0 Å². The summed E-state index contributed by atoms with van der Waals surface area (Å²) in [6.07, 6.45) is 2.38. The van der Waals surface area contributed by atoms with Crippen LogP contribution in [-0.2, 0) is 4.79 Å². The molecule has 4 nitrogen and oxygen atoms in total. The Morgan fingerprint density at radius 1 is 1.00 bits per heavy atom. The van der Waals surface area contributed by atoms with E-state index in [1.165, 1.54) is 5.56 Å². The zero-order valence-electron chi connectivity index (χ0n) is 12.0. The maximum atomic E-state index is 11.3. The van der Waals surface area contributed by atoms with Crippen LogP contribution in [0.1, 0.15) is 17.9 Å². The van der Waals surface area contributed by atoms with Crippen molar-refractivity contribution in [2.45, 2.75) is 12.3 Å². The molecule has 1 aromatic heterocycles. The standard InChI is InChI=1S/C18H15N3O/c22-18-9-14(10-20-18)12-5-7-13(8-6-12)17-11-19-15-3-1-2-4-16(15)21-17/h1-8,11,14H,9-10H2,(H,20,22). The highest BCUT2D eigenvalue weighted by molar-refractivity contribution is 5.79. The van der Waals surface area contributed by atoms with Gasteiger partial charge in [-0.25, -0.2) is 4.98 Å². The normalized spacial score (nSPS) is 17.6. The molecule has 0 saturated carbocycles. The van der Waals surface area contributed by atoms with Crippen molar-refractivity contribution in [3.63, 3.8) is 0 Å². The number of nitrogens with one attached hydrogen (secondary N) is 1. The van der Waals surface area contributed by atoms with Crippen LogP contribution in [0.3, 0.4) is 0 Å². The van der Waals surface area contributed by atoms with E-state index in [1.807, 2.05) is 24.3 Å². The Bertz CT molecular complexity index is 842. The number of fused-ring (bicyclic) bond motifs is 1. The summed E-state index contributed by atoms with van der Waals surface area (Å²) in [6, 6.07) is 16.1. The van der Waals surface area contributed by atoms with Crippen LogP contribution in [0.15, 0.2) is 54.7 Å². The zero-order chi connectivity index (χ0) is 14.9. The molecule has 1 aliphatic heterocycles. The first-order valence-corrected chi connectivity index (χ1v) is 7.38. The van der Waals surface area contributed by atoms with Crippen LogP contribution in [-0.4, -0.2) is 22.4 Å². The maximum Gasteiger partial charge on any atom is 0.220 e. The number of hydrogen-bond acceptors (Lipinski definition) is 3. The van der Waals surface area contributed by atoms with Gasteiger partial charge < -0.3 is 5.32 Å². The number of hydrogen-bond donors (Lipinski definition) is 1. The molecule has 108 valence electrons. The van der Waals surface area contributed by atoms with Gasteiger partial charge in [0.05, 0.1) is 22.9 Å². The number of nitrogens with zero attached hydrogens (tertiary/aromatic N) is 2. The third-order valence-corrected chi connectivity index (χ3v) is 4.10. The molecular formula is C18H15N3O. The van der Waals surface area contributed by atoms with Crippen molar-refractivity contribution in [3.05, 3.63) is 60.3 Å². The van der Waals surface area contributed by atoms with Crippen molar-refractivity contribution in [2.24, 2.45) is 0 Å². The molecule has 1 N–H and O–H groups in total. The van der Waals surface area contributed by atoms with Gasteiger partial charge in [-0.05, 0) is 17.7 Å². The van der Waals surface area contributed by atoms with E-state index in [0.29, 0.717) is 6.42 Å². The summed E-state index contributed by atoms with van der Waals surface area (Å²) in [5, 5.41) is 2.87. The van der Waals surface area contributed by atoms with E-state index in [0.717, 1.165) is 28.8 Å². The fourth-order valence-corrected chi connectivity index (χ4v) is 2.86. The van der Waals surface area contributed by atoms with Crippen molar-refractivity contribution in [2.75, 3.05) is 6.54 Å². The number of rotatable bonds is 2. The summed E-state index contributed by atoms with van der Waals surface area (Å²) < 4.78 is 0. The minimum absolute atomic E-state index is 0.134. The second kappa shape index (κ2) is 5.22. The van der Waals surface area contributed by atoms with Crippen molar-refractivity contribution >= 4 is 16.9 Å². The number of benzene rings is 2. The first kappa shape index (κ1) is 13.0. The van der Waals surface area contributed by atoms with E-state index >= 15 is 0 Å². The second-order valence-electron chi connectivity index (χ2n) is 5.57. The lowest BCUT2D eigenvalue weighted by atomic mass is 9.97. The van der Waals surface area contributed by atoms with Crippen LogP contribution in [0, 0.1) is 0 Å². The minimum atomic E-state index is 0.134. The molecule has 1 saturated heterocycles. The van der Waals surface area contributed by atoms with Crippen molar-refractivity contribution in [3.8, 4) is 11.3 Å². The lowest BCUT2D eigenvalue weighted by molar-refractivity contribution is -0.119. The highest BCUT2D eigenvalue weighted by Gasteiger charge is 2.22. The Morgan fingerprint density at radius 2 is 1.77 bits per heavy atom. The van der Waals surface area contributed by atoms with E-state index in [9.17, 15) is 4.79 Å². The predicted molar refractivity (Wildman–Crippen MR) is 85.3 cm³/mol. The van der Waals surface area contributed by atoms with Crippen LogP contribution < -0.4 is 5.32 Å². The Balaban J connectivity index is 1.65. The quantitative estimate of drug-likeness (QED) is 0.789. The van der Waals surface area contributed by atoms with Gasteiger partial charge in [-0.2, -0.15) is 0 Å². The highest BCUT2D eigenvalue weighted by Crippen LogP contribution is 2.26. The summed E-state index contributed by atoms with van der Waals surface area (Å²) in [5.74, 6) is 0.415.